The summed E-state index contributed by atoms with van der Waals surface area (Å²) in [5.41, 5.74) is 4.03. The van der Waals surface area contributed by atoms with E-state index in [2.05, 4.69) is 10.5 Å². The van der Waals surface area contributed by atoms with E-state index in [0.717, 1.165) is 29.1 Å². The van der Waals surface area contributed by atoms with Gasteiger partial charge in [0.25, 0.3) is 5.91 Å². The average molecular weight is 463 g/mol. The molecule has 0 bridgehead atoms. The zero-order chi connectivity index (χ0) is 24.2. The number of hydrogen-bond donors (Lipinski definition) is 1. The van der Waals surface area contributed by atoms with Crippen LogP contribution in [0, 0.1) is 20.8 Å². The molecule has 9 nitrogen and oxygen atoms in total. The van der Waals surface area contributed by atoms with Crippen LogP contribution in [0.4, 0.5) is 11.4 Å². The number of carbonyl (C=O) groups is 3. The van der Waals surface area contributed by atoms with Gasteiger partial charge in [-0.15, -0.1) is 0 Å². The second kappa shape index (κ2) is 9.78. The summed E-state index contributed by atoms with van der Waals surface area (Å²) in [4.78, 5) is 37.8. The molecule has 1 aromatic carbocycles. The van der Waals surface area contributed by atoms with Crippen molar-refractivity contribution in [1.82, 2.24) is 9.72 Å². The summed E-state index contributed by atoms with van der Waals surface area (Å²) in [6.07, 6.45) is 4.34. The monoisotopic (exact) mass is 462 g/mol. The van der Waals surface area contributed by atoms with Gasteiger partial charge in [0.1, 0.15) is 5.76 Å². The number of esters is 1. The van der Waals surface area contributed by atoms with Gasteiger partial charge in [0.15, 0.2) is 12.4 Å². The van der Waals surface area contributed by atoms with E-state index >= 15 is 0 Å². The van der Waals surface area contributed by atoms with Crippen LogP contribution in [0.25, 0.3) is 11.9 Å². The lowest BCUT2D eigenvalue weighted by molar-refractivity contribution is -0.142. The van der Waals surface area contributed by atoms with E-state index in [9.17, 15) is 14.4 Å². The molecule has 4 rings (SSSR count). The van der Waals surface area contributed by atoms with Crippen LogP contribution < -0.4 is 10.2 Å². The first-order valence-corrected chi connectivity index (χ1v) is 11.0. The number of hydrogen-bond acceptors (Lipinski definition) is 6. The second-order valence-corrected chi connectivity index (χ2v) is 8.14. The SMILES string of the molecule is Cc1cc(-n2c(C)cc(/C=C/C(=O)OCC(=O)Nc3ccc(N4CCCC4=O)cc3)c2C)no1. The van der Waals surface area contributed by atoms with Crippen molar-refractivity contribution in [3.05, 3.63) is 65.2 Å². The maximum Gasteiger partial charge on any atom is 0.331 e. The Morgan fingerprint density at radius 2 is 1.94 bits per heavy atom. The normalized spacial score (nSPS) is 13.6. The van der Waals surface area contributed by atoms with Crippen molar-refractivity contribution in [3.63, 3.8) is 0 Å². The molecule has 1 N–H and O–H groups in total. The molecule has 0 atom stereocenters. The number of carbonyl (C=O) groups excluding carboxylic acids is 3. The predicted octanol–water partition coefficient (Wildman–Crippen LogP) is 3.71. The van der Waals surface area contributed by atoms with Gasteiger partial charge in [0, 0.05) is 47.9 Å². The van der Waals surface area contributed by atoms with Crippen LogP contribution in [0.2, 0.25) is 0 Å². The van der Waals surface area contributed by atoms with Crippen LogP contribution in [0.1, 0.15) is 35.6 Å². The number of nitrogens with one attached hydrogen (secondary N) is 1. The lowest BCUT2D eigenvalue weighted by Gasteiger charge is -2.16. The first-order valence-electron chi connectivity index (χ1n) is 11.0. The number of anilines is 2. The van der Waals surface area contributed by atoms with Crippen LogP contribution >= 0.6 is 0 Å². The minimum absolute atomic E-state index is 0.104. The van der Waals surface area contributed by atoms with E-state index in [1.54, 1.807) is 35.2 Å². The summed E-state index contributed by atoms with van der Waals surface area (Å²) in [6, 6.07) is 10.8. The highest BCUT2D eigenvalue weighted by Gasteiger charge is 2.21. The average Bonchev–Trinajstić information content (AvgIpc) is 3.50. The molecule has 9 heteroatoms. The molecule has 0 saturated carbocycles. The maximum absolute atomic E-state index is 12.1. The number of nitrogens with zero attached hydrogens (tertiary/aromatic N) is 3. The Labute approximate surface area is 197 Å². The molecule has 0 unspecified atom stereocenters. The molecular weight excluding hydrogens is 436 g/mol. The van der Waals surface area contributed by atoms with E-state index < -0.39 is 18.5 Å². The second-order valence-electron chi connectivity index (χ2n) is 8.14. The van der Waals surface area contributed by atoms with Gasteiger partial charge < -0.3 is 19.5 Å². The van der Waals surface area contributed by atoms with Crippen LogP contribution in [-0.4, -0.2) is 40.7 Å². The van der Waals surface area contributed by atoms with Crippen molar-refractivity contribution in [2.75, 3.05) is 23.4 Å². The number of ether oxygens (including phenoxy) is 1. The number of aromatic nitrogens is 2. The predicted molar refractivity (Wildman–Crippen MR) is 127 cm³/mol. The fourth-order valence-corrected chi connectivity index (χ4v) is 3.95. The lowest BCUT2D eigenvalue weighted by atomic mass is 10.2. The lowest BCUT2D eigenvalue weighted by Crippen LogP contribution is -2.23. The molecule has 2 amide bonds. The van der Waals surface area contributed by atoms with Crippen molar-refractivity contribution < 1.29 is 23.6 Å². The number of aryl methyl sites for hydroxylation is 2. The standard InChI is InChI=1S/C25H26N4O5/c1-16-13-19(18(3)29(16)22-14-17(2)34-27-22)6-11-25(32)33-15-23(30)26-20-7-9-21(10-8-20)28-12-4-5-24(28)31/h6-11,13-14H,4-5,12,15H2,1-3H3,(H,26,30)/b11-6+. The highest BCUT2D eigenvalue weighted by atomic mass is 16.5. The zero-order valence-electron chi connectivity index (χ0n) is 19.3. The molecule has 1 aliphatic heterocycles. The fourth-order valence-electron chi connectivity index (χ4n) is 3.95. The zero-order valence-corrected chi connectivity index (χ0v) is 19.3. The van der Waals surface area contributed by atoms with E-state index in [0.29, 0.717) is 30.2 Å². The summed E-state index contributed by atoms with van der Waals surface area (Å²) in [7, 11) is 0. The summed E-state index contributed by atoms with van der Waals surface area (Å²) in [6.45, 7) is 5.97. The Bertz CT molecular complexity index is 1250. The molecular formula is C25H26N4O5. The Hall–Kier alpha value is -4.14. The van der Waals surface area contributed by atoms with Crippen LogP contribution in [0.3, 0.4) is 0 Å². The number of amides is 2. The highest BCUT2D eigenvalue weighted by Crippen LogP contribution is 2.23. The summed E-state index contributed by atoms with van der Waals surface area (Å²) in [5.74, 6) is 0.406. The minimum atomic E-state index is -0.625. The first-order chi connectivity index (χ1) is 16.3. The van der Waals surface area contributed by atoms with E-state index in [4.69, 9.17) is 9.26 Å². The highest BCUT2D eigenvalue weighted by molar-refractivity contribution is 5.97. The first kappa shape index (κ1) is 23.0. The Kier molecular flexibility index (Phi) is 6.62. The smallest absolute Gasteiger partial charge is 0.331 e. The molecule has 34 heavy (non-hydrogen) atoms. The van der Waals surface area contributed by atoms with Gasteiger partial charge >= 0.3 is 5.97 Å². The third kappa shape index (κ3) is 5.09. The van der Waals surface area contributed by atoms with Gasteiger partial charge in [-0.3, -0.25) is 14.2 Å². The quantitative estimate of drug-likeness (QED) is 0.424. The van der Waals surface area contributed by atoms with Crippen LogP contribution in [0.15, 0.2) is 47.0 Å². The maximum atomic E-state index is 12.1. The molecule has 0 spiro atoms. The molecule has 0 aliphatic carbocycles. The van der Waals surface area contributed by atoms with Crippen LogP contribution in [-0.2, 0) is 19.1 Å². The van der Waals surface area contributed by atoms with E-state index in [1.165, 1.54) is 6.08 Å². The minimum Gasteiger partial charge on any atom is -0.452 e. The van der Waals surface area contributed by atoms with E-state index in [-0.39, 0.29) is 5.91 Å². The number of rotatable bonds is 7. The van der Waals surface area contributed by atoms with E-state index in [1.807, 2.05) is 37.5 Å². The van der Waals surface area contributed by atoms with Gasteiger partial charge in [-0.2, -0.15) is 0 Å². The molecule has 3 aromatic rings. The third-order valence-corrected chi connectivity index (χ3v) is 5.60. The van der Waals surface area contributed by atoms with Crippen molar-refractivity contribution in [1.29, 1.82) is 0 Å². The van der Waals surface area contributed by atoms with Gasteiger partial charge in [0.2, 0.25) is 5.91 Å². The van der Waals surface area contributed by atoms with Crippen molar-refractivity contribution in [3.8, 4) is 5.82 Å². The van der Waals surface area contributed by atoms with Gasteiger partial charge in [0.05, 0.1) is 0 Å². The Balaban J connectivity index is 1.29. The topological polar surface area (TPSA) is 107 Å². The molecule has 1 aliphatic rings. The summed E-state index contributed by atoms with van der Waals surface area (Å²) in [5, 5.41) is 6.72. The largest absolute Gasteiger partial charge is 0.452 e. The number of benzene rings is 1. The summed E-state index contributed by atoms with van der Waals surface area (Å²) >= 11 is 0. The molecule has 1 fully saturated rings. The van der Waals surface area contributed by atoms with Crippen LogP contribution in [0.5, 0.6) is 0 Å². The van der Waals surface area contributed by atoms with Crippen molar-refractivity contribution in [2.45, 2.75) is 33.6 Å². The molecule has 1 saturated heterocycles. The third-order valence-electron chi connectivity index (χ3n) is 5.60. The fraction of sp³-hybridized carbons (Fsp3) is 0.280. The Morgan fingerprint density at radius 3 is 2.59 bits per heavy atom. The molecule has 0 radical (unpaired) electrons. The van der Waals surface area contributed by atoms with Gasteiger partial charge in [-0.1, -0.05) is 5.16 Å². The molecule has 176 valence electrons. The van der Waals surface area contributed by atoms with Crippen molar-refractivity contribution in [2.24, 2.45) is 0 Å². The van der Waals surface area contributed by atoms with Gasteiger partial charge in [-0.25, -0.2) is 4.79 Å². The summed E-state index contributed by atoms with van der Waals surface area (Å²) < 4.78 is 12.1. The van der Waals surface area contributed by atoms with Gasteiger partial charge in [-0.05, 0) is 69.2 Å². The van der Waals surface area contributed by atoms with Crippen molar-refractivity contribution >= 4 is 35.2 Å². The molecule has 2 aromatic heterocycles. The molecule has 3 heterocycles. The Morgan fingerprint density at radius 1 is 1.18 bits per heavy atom.